The number of hydrogen-bond acceptors (Lipinski definition) is 0. The van der Waals surface area contributed by atoms with Crippen molar-refractivity contribution in [2.75, 3.05) is 0 Å². The molecule has 0 nitrogen and oxygen atoms in total. The van der Waals surface area contributed by atoms with Crippen LogP contribution < -0.4 is 10.4 Å². The van der Waals surface area contributed by atoms with E-state index in [9.17, 15) is 0 Å². The molecule has 0 saturated heterocycles. The zero-order chi connectivity index (χ0) is 59.3. The fraction of sp³-hybridized carbons (Fsp3) is 0.308. The summed E-state index contributed by atoms with van der Waals surface area (Å²) in [5.74, 6) is 1.13. The summed E-state index contributed by atoms with van der Waals surface area (Å²) in [7, 11) is 10.7. The van der Waals surface area contributed by atoms with Crippen LogP contribution in [0.5, 0.6) is 0 Å². The SMILES string of the molecule is CCC(C)c1cc2c(-c3cc(C(C)(C)C)cc(C(C)(C)C)c3)c(-c3ccccc3)ccc2[cH-]1.CCC(C)c1cc2c(-c3cc(C(C)(C)C)cc(C(C)(C)C)c3)c(-c3ccccc3)ccc2[cH-]1.[Cl][Zr][Cl].[c-]1cccc2c1[Si]c1ccccc1-2. The molecule has 0 amide bonds. The van der Waals surface area contributed by atoms with Crippen LogP contribution in [0.4, 0.5) is 0 Å². The normalized spacial score (nSPS) is 13.0. The molecule has 2 radical (unpaired) electrons. The summed E-state index contributed by atoms with van der Waals surface area (Å²) in [5.41, 5.74) is 22.2. The van der Waals surface area contributed by atoms with Crippen LogP contribution in [-0.4, -0.2) is 9.52 Å². The minimum absolute atomic E-state index is 0.0880. The third-order valence-electron chi connectivity index (χ3n) is 16.6. The average Bonchev–Trinajstić information content (AvgIpc) is 4.34. The van der Waals surface area contributed by atoms with Crippen molar-refractivity contribution in [2.24, 2.45) is 0 Å². The van der Waals surface area contributed by atoms with E-state index < -0.39 is 20.8 Å². The van der Waals surface area contributed by atoms with Crippen molar-refractivity contribution in [1.82, 2.24) is 0 Å². The third-order valence-corrected chi connectivity index (χ3v) is 18.0. The Balaban J connectivity index is 0.000000169. The molecule has 0 aliphatic carbocycles. The second-order valence-corrected chi connectivity index (χ2v) is 31.7. The molecule has 1 heterocycles. The van der Waals surface area contributed by atoms with Gasteiger partial charge in [-0.05, 0) is 89.1 Å². The van der Waals surface area contributed by atoms with E-state index in [-0.39, 0.29) is 21.7 Å². The molecular formula is C78H85Cl2SiZr-3. The molecule has 10 aromatic carbocycles. The van der Waals surface area contributed by atoms with Gasteiger partial charge in [0.05, 0.1) is 9.52 Å². The monoisotopic (exact) mass is 1210 g/mol. The van der Waals surface area contributed by atoms with Gasteiger partial charge in [0.25, 0.3) is 0 Å². The maximum Gasteiger partial charge on any atom is 0.0920 e. The van der Waals surface area contributed by atoms with Crippen LogP contribution in [0.1, 0.15) is 169 Å². The average molecular weight is 1210 g/mol. The molecule has 0 bridgehead atoms. The van der Waals surface area contributed by atoms with Crippen molar-refractivity contribution < 1.29 is 20.8 Å². The molecule has 10 aromatic rings. The van der Waals surface area contributed by atoms with Crippen LogP contribution in [-0.2, 0) is 42.5 Å². The van der Waals surface area contributed by atoms with Crippen LogP contribution in [0.25, 0.3) is 77.2 Å². The molecule has 0 saturated carbocycles. The maximum atomic E-state index is 4.93. The molecule has 0 N–H and O–H groups in total. The summed E-state index contributed by atoms with van der Waals surface area (Å²) >= 11 is -0.826. The Hall–Kier alpha value is -5.34. The standard InChI is InChI=1S/2C33H39.C12H7Si.2ClH.Zr/c2*1-9-22(2)25-17-24-15-16-29(23-13-11-10-12-14-23)31(30(24)20-25)26-18-27(32(3,4)5)21-28(19-26)33(6,7)8;1-3-7-11-9(5-1)10-6-2-4-8-12(10)13-11;;;/h2*10-22H,9H2,1-8H3;1-7H;2*1H;/q3*-1;;;+2/p-2. The Kier molecular flexibility index (Phi) is 20.1. The van der Waals surface area contributed by atoms with E-state index in [1.807, 2.05) is 6.07 Å². The first-order valence-corrected chi connectivity index (χ1v) is 36.9. The predicted octanol–water partition coefficient (Wildman–Crippen LogP) is 22.5. The van der Waals surface area contributed by atoms with Gasteiger partial charge in [0, 0.05) is 0 Å². The van der Waals surface area contributed by atoms with E-state index >= 15 is 0 Å². The Bertz CT molecular complexity index is 3440. The minimum Gasteiger partial charge on any atom is -0.184 e. The number of hydrogen-bond donors (Lipinski definition) is 0. The van der Waals surface area contributed by atoms with Crippen LogP contribution in [0.15, 0.2) is 188 Å². The molecule has 0 spiro atoms. The fourth-order valence-corrected chi connectivity index (χ4v) is 12.3. The number of fused-ring (bicyclic) bond motifs is 5. The van der Waals surface area contributed by atoms with Crippen molar-refractivity contribution in [2.45, 2.75) is 157 Å². The van der Waals surface area contributed by atoms with Gasteiger partial charge in [0.2, 0.25) is 0 Å². The van der Waals surface area contributed by atoms with Crippen molar-refractivity contribution >= 4 is 58.5 Å². The van der Waals surface area contributed by atoms with Crippen LogP contribution in [0, 0.1) is 6.07 Å². The van der Waals surface area contributed by atoms with Gasteiger partial charge in [0.15, 0.2) is 0 Å². The molecule has 422 valence electrons. The van der Waals surface area contributed by atoms with Crippen molar-refractivity contribution in [3.05, 3.63) is 228 Å². The molecule has 11 rings (SSSR count). The molecular weight excluding hydrogens is 1130 g/mol. The summed E-state index contributed by atoms with van der Waals surface area (Å²) in [4.78, 5) is 0. The number of benzene rings is 8. The van der Waals surface area contributed by atoms with E-state index in [0.717, 1.165) is 22.4 Å². The zero-order valence-electron chi connectivity index (χ0n) is 51.7. The van der Waals surface area contributed by atoms with E-state index in [4.69, 9.17) is 17.0 Å². The first-order chi connectivity index (χ1) is 38.8. The largest absolute Gasteiger partial charge is 0.184 e. The number of rotatable bonds is 8. The summed E-state index contributed by atoms with van der Waals surface area (Å²) in [6.07, 6.45) is 2.32. The zero-order valence-corrected chi connectivity index (χ0v) is 56.7. The summed E-state index contributed by atoms with van der Waals surface area (Å²) in [5, 5.41) is 8.26. The van der Waals surface area contributed by atoms with Gasteiger partial charge in [-0.2, -0.15) is 41.6 Å². The van der Waals surface area contributed by atoms with Gasteiger partial charge in [-0.1, -0.05) is 279 Å². The molecule has 2 atom stereocenters. The van der Waals surface area contributed by atoms with Gasteiger partial charge >= 0.3 is 37.9 Å². The van der Waals surface area contributed by atoms with E-state index in [1.54, 1.807) is 0 Å². The first kappa shape index (κ1) is 62.7. The van der Waals surface area contributed by atoms with E-state index in [2.05, 4.69) is 299 Å². The summed E-state index contributed by atoms with van der Waals surface area (Å²) in [6, 6.07) is 73.5. The molecule has 0 aromatic heterocycles. The first-order valence-electron chi connectivity index (χ1n) is 29.6. The van der Waals surface area contributed by atoms with Crippen molar-refractivity contribution in [3.8, 4) is 55.6 Å². The van der Waals surface area contributed by atoms with Crippen molar-refractivity contribution in [1.29, 1.82) is 0 Å². The molecule has 1 aliphatic heterocycles. The topological polar surface area (TPSA) is 0 Å². The second-order valence-electron chi connectivity index (χ2n) is 26.7. The van der Waals surface area contributed by atoms with Gasteiger partial charge in [-0.25, -0.2) is 0 Å². The second kappa shape index (κ2) is 26.3. The van der Waals surface area contributed by atoms with Gasteiger partial charge in [-0.15, -0.1) is 62.5 Å². The Morgan fingerprint density at radius 3 is 1.17 bits per heavy atom. The van der Waals surface area contributed by atoms with Crippen LogP contribution >= 0.6 is 17.0 Å². The Labute approximate surface area is 515 Å². The molecule has 2 unspecified atom stereocenters. The molecule has 1 aliphatic rings. The van der Waals surface area contributed by atoms with Crippen LogP contribution in [0.2, 0.25) is 0 Å². The third kappa shape index (κ3) is 14.6. The van der Waals surface area contributed by atoms with Crippen LogP contribution in [0.3, 0.4) is 0 Å². The minimum atomic E-state index is -0.826. The fourth-order valence-electron chi connectivity index (χ4n) is 11.0. The quantitative estimate of drug-likeness (QED) is 0.105. The summed E-state index contributed by atoms with van der Waals surface area (Å²) < 4.78 is 0. The van der Waals surface area contributed by atoms with E-state index in [0.29, 0.717) is 11.8 Å². The van der Waals surface area contributed by atoms with Crippen molar-refractivity contribution in [3.63, 3.8) is 0 Å². The predicted molar refractivity (Wildman–Crippen MR) is 360 cm³/mol. The Morgan fingerprint density at radius 2 is 0.793 bits per heavy atom. The smallest absolute Gasteiger partial charge is 0.0920 e. The molecule has 4 heteroatoms. The maximum absolute atomic E-state index is 4.93. The van der Waals surface area contributed by atoms with E-state index in [1.165, 1.54) is 121 Å². The van der Waals surface area contributed by atoms with Gasteiger partial charge < -0.3 is 0 Å². The van der Waals surface area contributed by atoms with Gasteiger partial charge in [-0.3, -0.25) is 0 Å². The molecule has 82 heavy (non-hydrogen) atoms. The molecule has 0 fully saturated rings. The number of halogens is 2. The van der Waals surface area contributed by atoms with Gasteiger partial charge in [0.1, 0.15) is 0 Å². The Morgan fingerprint density at radius 1 is 0.427 bits per heavy atom. The summed E-state index contributed by atoms with van der Waals surface area (Å²) in [6.45, 7) is 37.1.